The van der Waals surface area contributed by atoms with E-state index in [0.29, 0.717) is 5.82 Å². The van der Waals surface area contributed by atoms with E-state index in [1.165, 1.54) is 0 Å². The first-order valence-electron chi connectivity index (χ1n) is 8.17. The molecule has 0 N–H and O–H groups in total. The van der Waals surface area contributed by atoms with Crippen LogP contribution in [0.2, 0.25) is 0 Å². The third kappa shape index (κ3) is 2.38. The summed E-state index contributed by atoms with van der Waals surface area (Å²) >= 11 is 0. The fourth-order valence-electron chi connectivity index (χ4n) is 2.89. The van der Waals surface area contributed by atoms with E-state index in [1.807, 2.05) is 24.3 Å². The molecule has 0 saturated heterocycles. The van der Waals surface area contributed by atoms with Crippen LogP contribution in [-0.2, 0) is 12.8 Å². The highest BCUT2D eigenvalue weighted by molar-refractivity contribution is 6.03. The summed E-state index contributed by atoms with van der Waals surface area (Å²) in [6.07, 6.45) is 3.46. The van der Waals surface area contributed by atoms with Crippen molar-refractivity contribution in [2.75, 3.05) is 0 Å². The summed E-state index contributed by atoms with van der Waals surface area (Å²) in [4.78, 5) is 13.9. The van der Waals surface area contributed by atoms with Crippen molar-refractivity contribution in [1.82, 2.24) is 25.1 Å². The fourth-order valence-corrected chi connectivity index (χ4v) is 2.89. The minimum absolute atomic E-state index is 0.568. The van der Waals surface area contributed by atoms with Crippen molar-refractivity contribution in [1.29, 1.82) is 0 Å². The molecule has 5 heteroatoms. The predicted octanol–water partition coefficient (Wildman–Crippen LogP) is 3.76. The predicted molar refractivity (Wildman–Crippen MR) is 94.6 cm³/mol. The Kier molecular flexibility index (Phi) is 3.61. The van der Waals surface area contributed by atoms with Gasteiger partial charge in [-0.1, -0.05) is 38.1 Å². The lowest BCUT2D eigenvalue weighted by molar-refractivity contribution is 0.826. The van der Waals surface area contributed by atoms with Crippen LogP contribution in [-0.4, -0.2) is 25.1 Å². The van der Waals surface area contributed by atoms with Crippen molar-refractivity contribution in [3.05, 3.63) is 54.0 Å². The minimum Gasteiger partial charge on any atom is -0.254 e. The fraction of sp³-hybridized carbons (Fsp3) is 0.211. The molecule has 3 heterocycles. The summed E-state index contributed by atoms with van der Waals surface area (Å²) in [7, 11) is 0. The standard InChI is InChI=1S/C19H17N5/c1-3-14-15(4-2)23-24-19(22-14)16-10-9-13-8-7-12-6-5-11-20-17(12)18(13)21-16/h5-11H,3-4H2,1-2H3. The summed E-state index contributed by atoms with van der Waals surface area (Å²) in [6.45, 7) is 4.15. The Labute approximate surface area is 139 Å². The maximum Gasteiger partial charge on any atom is 0.200 e. The van der Waals surface area contributed by atoms with Gasteiger partial charge in [0.05, 0.1) is 22.4 Å². The second-order valence-corrected chi connectivity index (χ2v) is 5.64. The Hall–Kier alpha value is -2.95. The van der Waals surface area contributed by atoms with E-state index in [4.69, 9.17) is 4.98 Å². The molecule has 118 valence electrons. The molecule has 24 heavy (non-hydrogen) atoms. The SMILES string of the molecule is CCc1nnc(-c2ccc3ccc4cccnc4c3n2)nc1CC. The van der Waals surface area contributed by atoms with Crippen LogP contribution in [0.25, 0.3) is 33.3 Å². The van der Waals surface area contributed by atoms with Crippen LogP contribution in [0.5, 0.6) is 0 Å². The molecule has 0 atom stereocenters. The Morgan fingerprint density at radius 2 is 1.50 bits per heavy atom. The monoisotopic (exact) mass is 315 g/mol. The van der Waals surface area contributed by atoms with Gasteiger partial charge < -0.3 is 0 Å². The Balaban J connectivity index is 1.93. The van der Waals surface area contributed by atoms with Crippen molar-refractivity contribution in [3.8, 4) is 11.5 Å². The van der Waals surface area contributed by atoms with Crippen LogP contribution in [0, 0.1) is 0 Å². The van der Waals surface area contributed by atoms with Crippen LogP contribution < -0.4 is 0 Å². The molecule has 0 aliphatic rings. The van der Waals surface area contributed by atoms with Crippen LogP contribution >= 0.6 is 0 Å². The van der Waals surface area contributed by atoms with Crippen molar-refractivity contribution in [2.24, 2.45) is 0 Å². The van der Waals surface area contributed by atoms with Crippen LogP contribution in [0.1, 0.15) is 25.2 Å². The lowest BCUT2D eigenvalue weighted by Crippen LogP contribution is -2.05. The number of benzene rings is 1. The Morgan fingerprint density at radius 3 is 2.29 bits per heavy atom. The lowest BCUT2D eigenvalue weighted by Gasteiger charge is -2.07. The lowest BCUT2D eigenvalue weighted by atomic mass is 10.1. The molecule has 0 fully saturated rings. The molecule has 5 nitrogen and oxygen atoms in total. The van der Waals surface area contributed by atoms with Gasteiger partial charge in [0.1, 0.15) is 5.69 Å². The summed E-state index contributed by atoms with van der Waals surface area (Å²) in [5.74, 6) is 0.568. The highest BCUT2D eigenvalue weighted by Crippen LogP contribution is 2.24. The molecule has 0 bridgehead atoms. The zero-order valence-electron chi connectivity index (χ0n) is 13.7. The first kappa shape index (κ1) is 14.6. The average molecular weight is 315 g/mol. The molecule has 3 aromatic heterocycles. The minimum atomic E-state index is 0.568. The van der Waals surface area contributed by atoms with Crippen molar-refractivity contribution >= 4 is 21.8 Å². The molecule has 0 saturated carbocycles. The van der Waals surface area contributed by atoms with Gasteiger partial charge >= 0.3 is 0 Å². The highest BCUT2D eigenvalue weighted by atomic mass is 15.2. The number of aryl methyl sites for hydroxylation is 2. The van der Waals surface area contributed by atoms with Gasteiger partial charge in [-0.15, -0.1) is 5.10 Å². The topological polar surface area (TPSA) is 64.5 Å². The molecule has 0 aliphatic carbocycles. The molecule has 0 radical (unpaired) electrons. The van der Waals surface area contributed by atoms with Crippen molar-refractivity contribution in [2.45, 2.75) is 26.7 Å². The van der Waals surface area contributed by atoms with Gasteiger partial charge in [-0.25, -0.2) is 9.97 Å². The number of hydrogen-bond donors (Lipinski definition) is 0. The number of pyridine rings is 2. The van der Waals surface area contributed by atoms with E-state index >= 15 is 0 Å². The number of rotatable bonds is 3. The van der Waals surface area contributed by atoms with Gasteiger partial charge in [-0.2, -0.15) is 5.10 Å². The van der Waals surface area contributed by atoms with E-state index < -0.39 is 0 Å². The smallest absolute Gasteiger partial charge is 0.200 e. The second-order valence-electron chi connectivity index (χ2n) is 5.64. The molecule has 4 rings (SSSR count). The zero-order chi connectivity index (χ0) is 16.5. The maximum absolute atomic E-state index is 4.78. The van der Waals surface area contributed by atoms with E-state index in [1.54, 1.807) is 6.20 Å². The number of nitrogens with zero attached hydrogens (tertiary/aromatic N) is 5. The molecule has 0 aliphatic heterocycles. The molecule has 0 unspecified atom stereocenters. The normalized spacial score (nSPS) is 11.2. The van der Waals surface area contributed by atoms with Crippen LogP contribution in [0.3, 0.4) is 0 Å². The van der Waals surface area contributed by atoms with E-state index in [2.05, 4.69) is 46.1 Å². The van der Waals surface area contributed by atoms with E-state index in [0.717, 1.165) is 51.7 Å². The largest absolute Gasteiger partial charge is 0.254 e. The van der Waals surface area contributed by atoms with Crippen LogP contribution in [0.15, 0.2) is 42.6 Å². The van der Waals surface area contributed by atoms with Gasteiger partial charge in [0.15, 0.2) is 0 Å². The van der Waals surface area contributed by atoms with Gasteiger partial charge in [-0.3, -0.25) is 4.98 Å². The third-order valence-electron chi connectivity index (χ3n) is 4.17. The van der Waals surface area contributed by atoms with Gasteiger partial charge in [0.2, 0.25) is 5.82 Å². The number of hydrogen-bond acceptors (Lipinski definition) is 5. The van der Waals surface area contributed by atoms with E-state index in [9.17, 15) is 0 Å². The number of fused-ring (bicyclic) bond motifs is 3. The highest BCUT2D eigenvalue weighted by Gasteiger charge is 2.11. The maximum atomic E-state index is 4.78. The number of aromatic nitrogens is 5. The molecule has 4 aromatic rings. The quantitative estimate of drug-likeness (QED) is 0.539. The summed E-state index contributed by atoms with van der Waals surface area (Å²) in [5.41, 5.74) is 4.43. The first-order valence-corrected chi connectivity index (χ1v) is 8.17. The average Bonchev–Trinajstić information content (AvgIpc) is 2.66. The van der Waals surface area contributed by atoms with Crippen molar-refractivity contribution in [3.63, 3.8) is 0 Å². The molecular formula is C19H17N5. The summed E-state index contributed by atoms with van der Waals surface area (Å²) in [6, 6.07) is 12.1. The van der Waals surface area contributed by atoms with Gasteiger partial charge in [0.25, 0.3) is 0 Å². The van der Waals surface area contributed by atoms with Gasteiger partial charge in [-0.05, 0) is 25.0 Å². The molecule has 0 spiro atoms. The molecule has 0 amide bonds. The third-order valence-corrected chi connectivity index (χ3v) is 4.17. The van der Waals surface area contributed by atoms with Gasteiger partial charge in [0, 0.05) is 17.0 Å². The summed E-state index contributed by atoms with van der Waals surface area (Å²) < 4.78 is 0. The van der Waals surface area contributed by atoms with Crippen LogP contribution in [0.4, 0.5) is 0 Å². The second kappa shape index (κ2) is 5.92. The first-order chi connectivity index (χ1) is 11.8. The van der Waals surface area contributed by atoms with Crippen molar-refractivity contribution < 1.29 is 0 Å². The summed E-state index contributed by atoms with van der Waals surface area (Å²) in [5, 5.41) is 10.7. The molecular weight excluding hydrogens is 298 g/mol. The Morgan fingerprint density at radius 1 is 0.750 bits per heavy atom. The van der Waals surface area contributed by atoms with E-state index in [-0.39, 0.29) is 0 Å². The zero-order valence-corrected chi connectivity index (χ0v) is 13.7. The molecule has 1 aromatic carbocycles. The Bertz CT molecular complexity index is 1040.